The highest BCUT2D eigenvalue weighted by atomic mass is 31.0. The smallest absolute Gasteiger partial charge is 0.285 e. The fraction of sp³-hybridized carbons (Fsp3) is 0.345. The van der Waals surface area contributed by atoms with E-state index in [9.17, 15) is 13.6 Å². The van der Waals surface area contributed by atoms with E-state index in [0.717, 1.165) is 24.8 Å². The van der Waals surface area contributed by atoms with Crippen LogP contribution < -0.4 is 9.64 Å². The minimum atomic E-state index is -3.17. The van der Waals surface area contributed by atoms with Gasteiger partial charge in [-0.1, -0.05) is 109 Å². The molecule has 35 heavy (non-hydrogen) atoms. The minimum absolute atomic E-state index is 0.155. The van der Waals surface area contributed by atoms with Crippen LogP contribution in [0.15, 0.2) is 72.8 Å². The lowest BCUT2D eigenvalue weighted by molar-refractivity contribution is 0.0978. The number of rotatable bonds is 12. The third kappa shape index (κ3) is 7.11. The van der Waals surface area contributed by atoms with Gasteiger partial charge in [-0.25, -0.2) is 0 Å². The molecule has 0 N–H and O–H groups in total. The number of carbonyl (C=O) groups is 1. The van der Waals surface area contributed by atoms with Crippen LogP contribution in [0.3, 0.4) is 0 Å². The average Bonchev–Trinajstić information content (AvgIpc) is 2.87. The summed E-state index contributed by atoms with van der Waals surface area (Å²) in [5.41, 5.74) is -1.30. The van der Waals surface area contributed by atoms with E-state index in [2.05, 4.69) is 6.92 Å². The Morgan fingerprint density at radius 2 is 1.54 bits per heavy atom. The maximum absolute atomic E-state index is 14.3. The molecule has 3 aromatic carbocycles. The zero-order valence-corrected chi connectivity index (χ0v) is 21.6. The number of nitrogens with zero attached hydrogens (tertiary/aromatic N) is 1. The maximum atomic E-state index is 14.3. The Morgan fingerprint density at radius 3 is 2.26 bits per heavy atom. The number of hydrogen-bond acceptors (Lipinski definition) is 2. The molecule has 1 amide bonds. The maximum Gasteiger partial charge on any atom is 0.285 e. The third-order valence-corrected chi connectivity index (χ3v) is 6.32. The summed E-state index contributed by atoms with van der Waals surface area (Å²) in [6.07, 6.45) is 6.78. The number of unbranched alkanes of at least 4 members (excludes halogenated alkanes) is 5. The molecule has 1 unspecified atom stereocenters. The molecule has 1 atom stereocenters. The van der Waals surface area contributed by atoms with E-state index in [4.69, 9.17) is 4.74 Å². The summed E-state index contributed by atoms with van der Waals surface area (Å²) in [5, 5.41) is 0. The molecule has 0 spiro atoms. The van der Waals surface area contributed by atoms with E-state index in [0.29, 0.717) is 23.5 Å². The van der Waals surface area contributed by atoms with Crippen LogP contribution in [-0.4, -0.2) is 19.6 Å². The number of carbonyl (C=O) groups excluding carboxylic acids is 1. The number of ether oxygens (including phenoxy) is 1. The Labute approximate surface area is 209 Å². The number of para-hydroxylation sites is 1. The molecule has 6 heteroatoms. The highest BCUT2D eigenvalue weighted by Gasteiger charge is 2.31. The van der Waals surface area contributed by atoms with Crippen molar-refractivity contribution in [1.82, 2.24) is 0 Å². The van der Waals surface area contributed by atoms with Crippen LogP contribution in [0, 0.1) is 0 Å². The van der Waals surface area contributed by atoms with Crippen molar-refractivity contribution in [3.8, 4) is 16.9 Å². The van der Waals surface area contributed by atoms with Gasteiger partial charge in [-0.3, -0.25) is 4.79 Å². The van der Waals surface area contributed by atoms with Crippen molar-refractivity contribution in [3.63, 3.8) is 0 Å². The normalized spacial score (nSPS) is 11.3. The highest BCUT2D eigenvalue weighted by molar-refractivity contribution is 7.17. The first-order chi connectivity index (χ1) is 16.8. The summed E-state index contributed by atoms with van der Waals surface area (Å²) in [5.74, 6) is 0.0657. The first-order valence-corrected chi connectivity index (χ1v) is 12.8. The SMILES string of the molecule is CCCCCCCCOc1cccc(-c2ccccc2)c1C(=O)N(C)c1ccccc1C(F)(F)P. The monoisotopic (exact) mass is 497 g/mol. The van der Waals surface area contributed by atoms with E-state index >= 15 is 0 Å². The van der Waals surface area contributed by atoms with Crippen LogP contribution in [0.25, 0.3) is 11.1 Å². The van der Waals surface area contributed by atoms with Gasteiger partial charge >= 0.3 is 0 Å². The van der Waals surface area contributed by atoms with Crippen molar-refractivity contribution in [1.29, 1.82) is 0 Å². The van der Waals surface area contributed by atoms with Crippen LogP contribution in [0.4, 0.5) is 14.5 Å². The van der Waals surface area contributed by atoms with Crippen molar-refractivity contribution in [2.24, 2.45) is 0 Å². The summed E-state index contributed by atoms with van der Waals surface area (Å²) in [4.78, 5) is 15.1. The summed E-state index contributed by atoms with van der Waals surface area (Å²) >= 11 is 0. The molecule has 0 bridgehead atoms. The summed E-state index contributed by atoms with van der Waals surface area (Å²) in [6, 6.07) is 21.1. The van der Waals surface area contributed by atoms with Gasteiger partial charge < -0.3 is 9.64 Å². The van der Waals surface area contributed by atoms with Gasteiger partial charge in [0.1, 0.15) is 5.75 Å². The molecule has 0 saturated carbocycles. The predicted molar refractivity (Wildman–Crippen MR) is 144 cm³/mol. The van der Waals surface area contributed by atoms with Gasteiger partial charge in [0.15, 0.2) is 0 Å². The summed E-state index contributed by atoms with van der Waals surface area (Å²) in [6.45, 7) is 2.69. The number of amides is 1. The molecule has 0 heterocycles. The zero-order chi connectivity index (χ0) is 25.3. The Bertz CT molecular complexity index is 1100. The van der Waals surface area contributed by atoms with Gasteiger partial charge in [0, 0.05) is 12.6 Å². The molecule has 0 saturated heterocycles. The fourth-order valence-corrected chi connectivity index (χ4v) is 4.36. The summed E-state index contributed by atoms with van der Waals surface area (Å²) in [7, 11) is 3.08. The quantitative estimate of drug-likeness (QED) is 0.186. The standard InChI is InChI=1S/C29H34F2NO2P/c1-3-4-5-6-7-13-21-34-26-20-14-17-23(22-15-9-8-10-16-22)27(26)28(33)32(2)25-19-12-11-18-24(25)29(30,31)35/h8-12,14-20H,3-7,13,21,35H2,1-2H3. The Kier molecular flexibility index (Phi) is 9.80. The van der Waals surface area contributed by atoms with Crippen LogP contribution >= 0.6 is 9.24 Å². The van der Waals surface area contributed by atoms with Crippen molar-refractivity contribution in [2.75, 3.05) is 18.6 Å². The lowest BCUT2D eigenvalue weighted by atomic mass is 9.97. The average molecular weight is 498 g/mol. The molecule has 0 aliphatic rings. The first-order valence-electron chi connectivity index (χ1n) is 12.2. The number of halogens is 2. The lowest BCUT2D eigenvalue weighted by Gasteiger charge is -2.25. The van der Waals surface area contributed by atoms with Gasteiger partial charge in [0.05, 0.1) is 17.9 Å². The molecule has 3 nitrogen and oxygen atoms in total. The van der Waals surface area contributed by atoms with Crippen LogP contribution in [0.2, 0.25) is 0 Å². The van der Waals surface area contributed by atoms with Crippen LogP contribution in [-0.2, 0) is 5.66 Å². The van der Waals surface area contributed by atoms with E-state index in [1.807, 2.05) is 42.5 Å². The molecule has 0 fully saturated rings. The second-order valence-corrected chi connectivity index (χ2v) is 9.39. The van der Waals surface area contributed by atoms with Gasteiger partial charge in [0.25, 0.3) is 11.6 Å². The van der Waals surface area contributed by atoms with E-state index in [1.165, 1.54) is 43.3 Å². The fourth-order valence-electron chi connectivity index (χ4n) is 4.12. The van der Waals surface area contributed by atoms with Gasteiger partial charge in [-0.15, -0.1) is 0 Å². The van der Waals surface area contributed by atoms with E-state index in [1.54, 1.807) is 27.4 Å². The van der Waals surface area contributed by atoms with Crippen LogP contribution in [0.5, 0.6) is 5.75 Å². The first kappa shape index (κ1) is 26.8. The van der Waals surface area contributed by atoms with E-state index < -0.39 is 11.6 Å². The summed E-state index contributed by atoms with van der Waals surface area (Å²) < 4.78 is 34.7. The predicted octanol–water partition coefficient (Wildman–Crippen LogP) is 8.29. The third-order valence-electron chi connectivity index (χ3n) is 6.01. The second kappa shape index (κ2) is 12.8. The molecule has 0 radical (unpaired) electrons. The van der Waals surface area contributed by atoms with Crippen molar-refractivity contribution >= 4 is 20.8 Å². The van der Waals surface area contributed by atoms with E-state index in [-0.39, 0.29) is 11.3 Å². The van der Waals surface area contributed by atoms with Gasteiger partial charge in [-0.2, -0.15) is 8.78 Å². The topological polar surface area (TPSA) is 29.5 Å². The molecule has 0 aromatic heterocycles. The number of alkyl halides is 2. The molecule has 3 aromatic rings. The zero-order valence-electron chi connectivity index (χ0n) is 20.5. The Balaban J connectivity index is 1.93. The second-order valence-electron chi connectivity index (χ2n) is 8.67. The Hall–Kier alpha value is -2.78. The van der Waals surface area contributed by atoms with Gasteiger partial charge in [0.2, 0.25) is 0 Å². The van der Waals surface area contributed by atoms with Crippen molar-refractivity contribution < 1.29 is 18.3 Å². The highest BCUT2D eigenvalue weighted by Crippen LogP contribution is 2.41. The Morgan fingerprint density at radius 1 is 0.886 bits per heavy atom. The molecule has 0 aliphatic heterocycles. The lowest BCUT2D eigenvalue weighted by Crippen LogP contribution is -2.29. The number of anilines is 1. The number of hydrogen-bond donors (Lipinski definition) is 0. The minimum Gasteiger partial charge on any atom is -0.493 e. The largest absolute Gasteiger partial charge is 0.493 e. The molecule has 3 rings (SSSR count). The van der Waals surface area contributed by atoms with Crippen molar-refractivity contribution in [3.05, 3.63) is 83.9 Å². The number of benzene rings is 3. The molecular weight excluding hydrogens is 463 g/mol. The molecule has 186 valence electrons. The molecular formula is C29H34F2NO2P. The van der Waals surface area contributed by atoms with Crippen LogP contribution in [0.1, 0.15) is 61.4 Å². The van der Waals surface area contributed by atoms with Crippen molar-refractivity contribution in [2.45, 2.75) is 51.1 Å². The molecule has 0 aliphatic carbocycles. The van der Waals surface area contributed by atoms with Gasteiger partial charge in [-0.05, 0) is 29.7 Å².